The molecule has 1 heteroatoms. The summed E-state index contributed by atoms with van der Waals surface area (Å²) in [5.41, 5.74) is 1.26. The Labute approximate surface area is 105 Å². The van der Waals surface area contributed by atoms with Crippen LogP contribution in [0.15, 0.2) is 24.3 Å². The Balaban J connectivity index is 1.88. The minimum absolute atomic E-state index is 0.437. The summed E-state index contributed by atoms with van der Waals surface area (Å²) in [6.07, 6.45) is 11.8. The van der Waals surface area contributed by atoms with Crippen LogP contribution in [0.4, 0.5) is 0 Å². The Morgan fingerprint density at radius 2 is 1.53 bits per heavy atom. The minimum Gasteiger partial charge on any atom is -0.490 e. The van der Waals surface area contributed by atoms with E-state index in [1.54, 1.807) is 0 Å². The van der Waals surface area contributed by atoms with Crippen LogP contribution in [0, 0.1) is 6.42 Å². The van der Waals surface area contributed by atoms with Crippen LogP contribution in [0.3, 0.4) is 0 Å². The van der Waals surface area contributed by atoms with Crippen molar-refractivity contribution >= 4 is 0 Å². The van der Waals surface area contributed by atoms with E-state index < -0.39 is 0 Å². The quantitative estimate of drug-likeness (QED) is 0.729. The first kappa shape index (κ1) is 12.5. The molecule has 17 heavy (non-hydrogen) atoms. The van der Waals surface area contributed by atoms with Crippen molar-refractivity contribution in [3.8, 4) is 5.75 Å². The summed E-state index contributed by atoms with van der Waals surface area (Å²) in [4.78, 5) is 0. The molecular weight excluding hydrogens is 208 g/mol. The molecule has 1 fully saturated rings. The Morgan fingerprint density at radius 3 is 2.12 bits per heavy atom. The standard InChI is InChI=1S/C16H23O/c1-2-14-10-12-16(13-11-14)17-15-8-6-4-3-5-7-9-15/h2,10-13,15H,3-9H2,1H3. The minimum atomic E-state index is 0.437. The number of hydrogen-bond donors (Lipinski definition) is 0. The van der Waals surface area contributed by atoms with Gasteiger partial charge in [0.05, 0.1) is 6.10 Å². The molecule has 0 saturated heterocycles. The molecule has 0 atom stereocenters. The molecular formula is C16H23O. The fourth-order valence-corrected chi connectivity index (χ4v) is 2.47. The first-order valence-electron chi connectivity index (χ1n) is 6.94. The molecule has 93 valence electrons. The third-order valence-electron chi connectivity index (χ3n) is 3.57. The lowest BCUT2D eigenvalue weighted by Gasteiger charge is -2.21. The molecule has 1 aromatic carbocycles. The van der Waals surface area contributed by atoms with Crippen LogP contribution in [0.2, 0.25) is 0 Å². The Kier molecular flexibility index (Phi) is 4.90. The highest BCUT2D eigenvalue weighted by Crippen LogP contribution is 2.22. The third kappa shape index (κ3) is 4.07. The van der Waals surface area contributed by atoms with Crippen LogP contribution in [0.1, 0.15) is 57.4 Å². The zero-order valence-electron chi connectivity index (χ0n) is 10.8. The van der Waals surface area contributed by atoms with Gasteiger partial charge in [0.15, 0.2) is 0 Å². The zero-order chi connectivity index (χ0) is 11.9. The third-order valence-corrected chi connectivity index (χ3v) is 3.57. The van der Waals surface area contributed by atoms with Crippen LogP contribution >= 0.6 is 0 Å². The number of ether oxygens (including phenoxy) is 1. The van der Waals surface area contributed by atoms with E-state index in [9.17, 15) is 0 Å². The van der Waals surface area contributed by atoms with Gasteiger partial charge in [-0.1, -0.05) is 38.3 Å². The molecule has 0 aliphatic heterocycles. The SMILES string of the molecule is C[CH]c1ccc(OC2CCCCCCC2)cc1. The van der Waals surface area contributed by atoms with Gasteiger partial charge < -0.3 is 4.74 Å². The van der Waals surface area contributed by atoms with Crippen molar-refractivity contribution in [3.63, 3.8) is 0 Å². The molecule has 1 nitrogen and oxygen atoms in total. The topological polar surface area (TPSA) is 9.23 Å². The molecule has 0 amide bonds. The van der Waals surface area contributed by atoms with Crippen LogP contribution in [-0.2, 0) is 0 Å². The molecule has 0 unspecified atom stereocenters. The van der Waals surface area contributed by atoms with Crippen LogP contribution in [0.5, 0.6) is 5.75 Å². The Hall–Kier alpha value is -0.980. The highest BCUT2D eigenvalue weighted by Gasteiger charge is 2.12. The summed E-state index contributed by atoms with van der Waals surface area (Å²) in [7, 11) is 0. The molecule has 0 heterocycles. The molecule has 1 aromatic rings. The van der Waals surface area contributed by atoms with Crippen molar-refractivity contribution in [2.45, 2.75) is 58.0 Å². The first-order chi connectivity index (χ1) is 8.38. The molecule has 2 rings (SSSR count). The fourth-order valence-electron chi connectivity index (χ4n) is 2.47. The van der Waals surface area contributed by atoms with Gasteiger partial charge in [-0.05, 0) is 49.8 Å². The molecule has 1 saturated carbocycles. The van der Waals surface area contributed by atoms with Gasteiger partial charge in [0.2, 0.25) is 0 Å². The van der Waals surface area contributed by atoms with E-state index in [1.807, 2.05) is 0 Å². The molecule has 0 aromatic heterocycles. The normalized spacial score (nSPS) is 18.4. The van der Waals surface area contributed by atoms with Crippen molar-refractivity contribution in [3.05, 3.63) is 36.2 Å². The fraction of sp³-hybridized carbons (Fsp3) is 0.562. The van der Waals surface area contributed by atoms with E-state index in [2.05, 4.69) is 37.6 Å². The molecule has 1 aliphatic carbocycles. The lowest BCUT2D eigenvalue weighted by molar-refractivity contribution is 0.166. The summed E-state index contributed by atoms with van der Waals surface area (Å²) in [6.45, 7) is 2.06. The van der Waals surface area contributed by atoms with Crippen molar-refractivity contribution in [2.75, 3.05) is 0 Å². The Morgan fingerprint density at radius 1 is 0.941 bits per heavy atom. The molecule has 0 N–H and O–H groups in total. The maximum atomic E-state index is 6.08. The highest BCUT2D eigenvalue weighted by atomic mass is 16.5. The van der Waals surface area contributed by atoms with E-state index in [-0.39, 0.29) is 0 Å². The summed E-state index contributed by atoms with van der Waals surface area (Å²) in [6, 6.07) is 8.43. The Bertz CT molecular complexity index is 307. The molecule has 1 aliphatic rings. The maximum absolute atomic E-state index is 6.08. The maximum Gasteiger partial charge on any atom is 0.119 e. The van der Waals surface area contributed by atoms with Crippen LogP contribution < -0.4 is 4.74 Å². The molecule has 0 spiro atoms. The second-order valence-corrected chi connectivity index (χ2v) is 4.94. The van der Waals surface area contributed by atoms with Gasteiger partial charge in [-0.15, -0.1) is 0 Å². The number of benzene rings is 1. The van der Waals surface area contributed by atoms with Crippen LogP contribution in [-0.4, -0.2) is 6.10 Å². The smallest absolute Gasteiger partial charge is 0.119 e. The zero-order valence-corrected chi connectivity index (χ0v) is 10.8. The van der Waals surface area contributed by atoms with E-state index in [4.69, 9.17) is 4.74 Å². The highest BCUT2D eigenvalue weighted by molar-refractivity contribution is 5.30. The van der Waals surface area contributed by atoms with Crippen molar-refractivity contribution < 1.29 is 4.74 Å². The summed E-state index contributed by atoms with van der Waals surface area (Å²) >= 11 is 0. The monoisotopic (exact) mass is 231 g/mol. The predicted octanol–water partition coefficient (Wildman–Crippen LogP) is 4.75. The first-order valence-corrected chi connectivity index (χ1v) is 6.94. The second-order valence-electron chi connectivity index (χ2n) is 4.94. The largest absolute Gasteiger partial charge is 0.490 e. The number of hydrogen-bond acceptors (Lipinski definition) is 1. The van der Waals surface area contributed by atoms with Gasteiger partial charge in [0.1, 0.15) is 5.75 Å². The van der Waals surface area contributed by atoms with E-state index in [0.717, 1.165) is 5.75 Å². The summed E-state index contributed by atoms with van der Waals surface area (Å²) < 4.78 is 6.08. The average molecular weight is 231 g/mol. The molecule has 1 radical (unpaired) electrons. The van der Waals surface area contributed by atoms with Gasteiger partial charge in [0.25, 0.3) is 0 Å². The molecule has 0 bridgehead atoms. The van der Waals surface area contributed by atoms with E-state index >= 15 is 0 Å². The van der Waals surface area contributed by atoms with Crippen molar-refractivity contribution in [1.29, 1.82) is 0 Å². The summed E-state index contributed by atoms with van der Waals surface area (Å²) in [5, 5.41) is 0. The van der Waals surface area contributed by atoms with Gasteiger partial charge >= 0.3 is 0 Å². The van der Waals surface area contributed by atoms with Crippen LogP contribution in [0.25, 0.3) is 0 Å². The van der Waals surface area contributed by atoms with E-state index in [0.29, 0.717) is 6.10 Å². The van der Waals surface area contributed by atoms with Gasteiger partial charge in [0, 0.05) is 0 Å². The average Bonchev–Trinajstić information content (AvgIpc) is 2.33. The van der Waals surface area contributed by atoms with Gasteiger partial charge in [-0.25, -0.2) is 0 Å². The second kappa shape index (κ2) is 6.68. The number of rotatable bonds is 3. The lowest BCUT2D eigenvalue weighted by atomic mass is 9.98. The van der Waals surface area contributed by atoms with Gasteiger partial charge in [-0.2, -0.15) is 0 Å². The van der Waals surface area contributed by atoms with Gasteiger partial charge in [-0.3, -0.25) is 0 Å². The summed E-state index contributed by atoms with van der Waals surface area (Å²) in [5.74, 6) is 1.03. The van der Waals surface area contributed by atoms with Crippen molar-refractivity contribution in [2.24, 2.45) is 0 Å². The lowest BCUT2D eigenvalue weighted by Crippen LogP contribution is -2.17. The predicted molar refractivity (Wildman–Crippen MR) is 72.3 cm³/mol. The van der Waals surface area contributed by atoms with E-state index in [1.165, 1.54) is 50.5 Å². The van der Waals surface area contributed by atoms with Crippen molar-refractivity contribution in [1.82, 2.24) is 0 Å².